The molecular weight excluding hydrogens is 548 g/mol. The molecule has 7 rings (SSSR count). The van der Waals surface area contributed by atoms with Crippen LogP contribution in [-0.4, -0.2) is 28.1 Å². The second-order valence-corrected chi connectivity index (χ2v) is 11.7. The Bertz CT molecular complexity index is 2070. The van der Waals surface area contributed by atoms with Crippen molar-refractivity contribution in [3.8, 4) is 22.3 Å². The Morgan fingerprint density at radius 1 is 0.711 bits per heavy atom. The summed E-state index contributed by atoms with van der Waals surface area (Å²) < 4.78 is 0. The SMILES string of the molecule is CC(/C=C(/c1cc(-c2ccc3ncccc3c2)cc(-c2ccc3ncccc3c2)c1)c1ccccc1C)=N\C1N=CC=CC1C. The van der Waals surface area contributed by atoms with Gasteiger partial charge in [-0.15, -0.1) is 0 Å². The molecule has 6 aromatic rings. The molecule has 2 aromatic heterocycles. The highest BCUT2D eigenvalue weighted by molar-refractivity contribution is 6.03. The average molecular weight is 583 g/mol. The van der Waals surface area contributed by atoms with Crippen molar-refractivity contribution in [2.75, 3.05) is 0 Å². The lowest BCUT2D eigenvalue weighted by atomic mass is 9.88. The molecule has 218 valence electrons. The monoisotopic (exact) mass is 582 g/mol. The molecule has 2 unspecified atom stereocenters. The summed E-state index contributed by atoms with van der Waals surface area (Å²) in [5.74, 6) is 0.250. The van der Waals surface area contributed by atoms with Gasteiger partial charge in [-0.1, -0.05) is 61.5 Å². The Hall–Kier alpha value is -5.48. The fraction of sp³-hybridized carbons (Fsp3) is 0.122. The van der Waals surface area contributed by atoms with Gasteiger partial charge >= 0.3 is 0 Å². The Labute approximate surface area is 264 Å². The molecule has 3 heterocycles. The van der Waals surface area contributed by atoms with E-state index in [-0.39, 0.29) is 12.1 Å². The first kappa shape index (κ1) is 28.3. The molecule has 4 nitrogen and oxygen atoms in total. The zero-order valence-electron chi connectivity index (χ0n) is 25.7. The third kappa shape index (κ3) is 6.00. The zero-order chi connectivity index (χ0) is 30.8. The van der Waals surface area contributed by atoms with Crippen molar-refractivity contribution in [3.05, 3.63) is 150 Å². The normalized spacial score (nSPS) is 16.9. The third-order valence-electron chi connectivity index (χ3n) is 8.45. The number of benzene rings is 4. The van der Waals surface area contributed by atoms with Crippen molar-refractivity contribution in [2.24, 2.45) is 15.9 Å². The van der Waals surface area contributed by atoms with Crippen LogP contribution in [0.4, 0.5) is 0 Å². The van der Waals surface area contributed by atoms with Crippen LogP contribution in [0.3, 0.4) is 0 Å². The predicted molar refractivity (Wildman–Crippen MR) is 190 cm³/mol. The van der Waals surface area contributed by atoms with Gasteiger partial charge in [-0.2, -0.15) is 0 Å². The Morgan fingerprint density at radius 2 is 1.36 bits per heavy atom. The minimum absolute atomic E-state index is 0.122. The van der Waals surface area contributed by atoms with E-state index in [1.54, 1.807) is 0 Å². The molecule has 1 aliphatic rings. The van der Waals surface area contributed by atoms with Gasteiger partial charge in [0.2, 0.25) is 0 Å². The molecule has 2 atom stereocenters. The van der Waals surface area contributed by atoms with Crippen LogP contribution in [-0.2, 0) is 0 Å². The lowest BCUT2D eigenvalue weighted by Gasteiger charge is -2.18. The molecule has 0 saturated carbocycles. The van der Waals surface area contributed by atoms with E-state index in [4.69, 9.17) is 4.99 Å². The number of hydrogen-bond acceptors (Lipinski definition) is 4. The number of aliphatic imine (C=N–C) groups is 2. The fourth-order valence-corrected chi connectivity index (χ4v) is 6.02. The number of fused-ring (bicyclic) bond motifs is 2. The van der Waals surface area contributed by atoms with Crippen molar-refractivity contribution < 1.29 is 0 Å². The quantitative estimate of drug-likeness (QED) is 0.184. The van der Waals surface area contributed by atoms with Gasteiger partial charge in [0.05, 0.1) is 11.0 Å². The highest BCUT2D eigenvalue weighted by Gasteiger charge is 2.16. The lowest BCUT2D eigenvalue weighted by molar-refractivity contribution is 0.561. The maximum atomic E-state index is 5.04. The minimum atomic E-state index is -0.122. The van der Waals surface area contributed by atoms with Crippen LogP contribution in [0.1, 0.15) is 30.5 Å². The third-order valence-corrected chi connectivity index (χ3v) is 8.45. The van der Waals surface area contributed by atoms with E-state index in [2.05, 4.69) is 139 Å². The van der Waals surface area contributed by atoms with Crippen molar-refractivity contribution in [3.63, 3.8) is 0 Å². The van der Waals surface area contributed by atoms with Crippen LogP contribution in [0, 0.1) is 12.8 Å². The number of nitrogens with zero attached hydrogens (tertiary/aromatic N) is 4. The lowest BCUT2D eigenvalue weighted by Crippen LogP contribution is -2.15. The summed E-state index contributed by atoms with van der Waals surface area (Å²) in [6.07, 6.45) is 11.8. The molecule has 45 heavy (non-hydrogen) atoms. The van der Waals surface area contributed by atoms with Gasteiger partial charge in [-0.3, -0.25) is 20.0 Å². The van der Waals surface area contributed by atoms with Crippen molar-refractivity contribution in [1.29, 1.82) is 0 Å². The molecule has 4 heteroatoms. The summed E-state index contributed by atoms with van der Waals surface area (Å²) in [5, 5.41) is 2.24. The van der Waals surface area contributed by atoms with Crippen LogP contribution in [0.15, 0.2) is 144 Å². The maximum Gasteiger partial charge on any atom is 0.145 e. The van der Waals surface area contributed by atoms with Crippen LogP contribution < -0.4 is 0 Å². The molecule has 0 saturated heterocycles. The summed E-state index contributed by atoms with van der Waals surface area (Å²) in [6.45, 7) is 6.41. The zero-order valence-corrected chi connectivity index (χ0v) is 25.7. The molecule has 0 fully saturated rings. The second-order valence-electron chi connectivity index (χ2n) is 11.7. The number of hydrogen-bond donors (Lipinski definition) is 0. The van der Waals surface area contributed by atoms with E-state index in [0.717, 1.165) is 60.9 Å². The van der Waals surface area contributed by atoms with E-state index in [9.17, 15) is 0 Å². The molecule has 0 N–H and O–H groups in total. The fourth-order valence-electron chi connectivity index (χ4n) is 6.02. The first-order valence-electron chi connectivity index (χ1n) is 15.4. The molecule has 1 aliphatic heterocycles. The number of aryl methyl sites for hydroxylation is 1. The molecule has 0 amide bonds. The average Bonchev–Trinajstić information content (AvgIpc) is 3.08. The van der Waals surface area contributed by atoms with Gasteiger partial charge < -0.3 is 0 Å². The van der Waals surface area contributed by atoms with Gasteiger partial charge in [0.1, 0.15) is 6.17 Å². The van der Waals surface area contributed by atoms with Gasteiger partial charge in [-0.05, 0) is 125 Å². The van der Waals surface area contributed by atoms with Gasteiger partial charge in [0, 0.05) is 41.0 Å². The topological polar surface area (TPSA) is 50.5 Å². The Balaban J connectivity index is 1.44. The highest BCUT2D eigenvalue weighted by atomic mass is 15.0. The van der Waals surface area contributed by atoms with Crippen LogP contribution in [0.25, 0.3) is 49.6 Å². The van der Waals surface area contributed by atoms with Crippen molar-refractivity contribution >= 4 is 39.3 Å². The molecule has 0 spiro atoms. The molecule has 0 bridgehead atoms. The summed E-state index contributed by atoms with van der Waals surface area (Å²) >= 11 is 0. The number of pyridine rings is 2. The van der Waals surface area contributed by atoms with E-state index >= 15 is 0 Å². The number of dihydropyridines is 1. The number of allylic oxidation sites excluding steroid dienone is 2. The highest BCUT2D eigenvalue weighted by Crippen LogP contribution is 2.36. The van der Waals surface area contributed by atoms with Crippen molar-refractivity contribution in [2.45, 2.75) is 26.9 Å². The van der Waals surface area contributed by atoms with Gasteiger partial charge in [0.15, 0.2) is 0 Å². The summed E-state index contributed by atoms with van der Waals surface area (Å²) in [6, 6.07) is 36.7. The second kappa shape index (κ2) is 12.3. The van der Waals surface area contributed by atoms with E-state index in [1.165, 1.54) is 11.1 Å². The Kier molecular flexibility index (Phi) is 7.71. The van der Waals surface area contributed by atoms with E-state index < -0.39 is 0 Å². The van der Waals surface area contributed by atoms with Gasteiger partial charge in [-0.25, -0.2) is 0 Å². The van der Waals surface area contributed by atoms with Gasteiger partial charge in [0.25, 0.3) is 0 Å². The largest absolute Gasteiger partial charge is 0.266 e. The number of rotatable bonds is 6. The van der Waals surface area contributed by atoms with Crippen LogP contribution in [0.5, 0.6) is 0 Å². The van der Waals surface area contributed by atoms with Crippen molar-refractivity contribution in [1.82, 2.24) is 9.97 Å². The van der Waals surface area contributed by atoms with Crippen LogP contribution in [0.2, 0.25) is 0 Å². The van der Waals surface area contributed by atoms with Crippen LogP contribution >= 0.6 is 0 Å². The standard InChI is InChI=1S/C41H34N4/c1-27-9-4-5-13-37(27)38(21-29(3)45-41-28(2)10-6-20-44-41)36-25-34(30-14-16-39-32(22-30)11-7-18-42-39)24-35(26-36)31-15-17-40-33(23-31)12-8-19-43-40/h4-26,28,41H,1-3H3/b38-21-,45-29+. The summed E-state index contributed by atoms with van der Waals surface area (Å²) in [5.41, 5.74) is 12.1. The molecule has 0 aliphatic carbocycles. The summed E-state index contributed by atoms with van der Waals surface area (Å²) in [7, 11) is 0. The Morgan fingerprint density at radius 3 is 1.98 bits per heavy atom. The molecule has 0 radical (unpaired) electrons. The molecular formula is C41H34N4. The first-order chi connectivity index (χ1) is 22.0. The number of aromatic nitrogens is 2. The first-order valence-corrected chi connectivity index (χ1v) is 15.4. The summed E-state index contributed by atoms with van der Waals surface area (Å²) in [4.78, 5) is 18.8. The van der Waals surface area contributed by atoms with E-state index in [0.29, 0.717) is 0 Å². The maximum absolute atomic E-state index is 5.04. The van der Waals surface area contributed by atoms with E-state index in [1.807, 2.05) is 36.8 Å². The minimum Gasteiger partial charge on any atom is -0.266 e. The smallest absolute Gasteiger partial charge is 0.145 e. The predicted octanol–water partition coefficient (Wildman–Crippen LogP) is 9.92. The molecule has 4 aromatic carbocycles.